The van der Waals surface area contributed by atoms with Crippen LogP contribution in [0.5, 0.6) is 5.75 Å². The first-order valence-corrected chi connectivity index (χ1v) is 6.22. The van der Waals surface area contributed by atoms with Crippen molar-refractivity contribution in [3.8, 4) is 17.1 Å². The van der Waals surface area contributed by atoms with Crippen molar-refractivity contribution in [2.24, 2.45) is 11.8 Å². The fraction of sp³-hybridized carbons (Fsp3) is 0.286. The van der Waals surface area contributed by atoms with Gasteiger partial charge in [0.1, 0.15) is 11.6 Å². The van der Waals surface area contributed by atoms with Crippen molar-refractivity contribution in [3.05, 3.63) is 36.0 Å². The Bertz CT molecular complexity index is 569. The van der Waals surface area contributed by atoms with Gasteiger partial charge in [0, 0.05) is 17.3 Å². The molecule has 4 N–H and O–H groups in total. The average Bonchev–Trinajstić information content (AvgIpc) is 2.37. The van der Waals surface area contributed by atoms with Crippen molar-refractivity contribution in [1.82, 2.24) is 9.97 Å². The van der Waals surface area contributed by atoms with E-state index in [1.54, 1.807) is 18.2 Å². The van der Waals surface area contributed by atoms with Gasteiger partial charge in [0.15, 0.2) is 5.82 Å². The van der Waals surface area contributed by atoms with Crippen LogP contribution in [0.1, 0.15) is 19.5 Å². The van der Waals surface area contributed by atoms with Crippen LogP contribution >= 0.6 is 0 Å². The zero-order valence-electron chi connectivity index (χ0n) is 11.1. The minimum absolute atomic E-state index is 0.192. The zero-order valence-corrected chi connectivity index (χ0v) is 11.1. The molecular formula is C14H18N4O. The number of rotatable bonds is 4. The number of aromatic nitrogens is 2. The van der Waals surface area contributed by atoms with Crippen LogP contribution in [0.15, 0.2) is 30.3 Å². The molecule has 1 aromatic heterocycles. The second-order valence-corrected chi connectivity index (χ2v) is 4.86. The van der Waals surface area contributed by atoms with Crippen molar-refractivity contribution in [2.75, 3.05) is 5.43 Å². The van der Waals surface area contributed by atoms with E-state index in [9.17, 15) is 5.11 Å². The van der Waals surface area contributed by atoms with Gasteiger partial charge in [-0.2, -0.15) is 0 Å². The van der Waals surface area contributed by atoms with Gasteiger partial charge in [-0.15, -0.1) is 0 Å². The second-order valence-electron chi connectivity index (χ2n) is 4.86. The molecule has 0 saturated carbocycles. The average molecular weight is 258 g/mol. The molecule has 0 radical (unpaired) electrons. The van der Waals surface area contributed by atoms with Gasteiger partial charge in [0.2, 0.25) is 0 Å². The Kier molecular flexibility index (Phi) is 3.97. The zero-order chi connectivity index (χ0) is 13.8. The lowest BCUT2D eigenvalue weighted by Gasteiger charge is -2.09. The predicted molar refractivity (Wildman–Crippen MR) is 75.5 cm³/mol. The Morgan fingerprint density at radius 3 is 2.68 bits per heavy atom. The van der Waals surface area contributed by atoms with Crippen molar-refractivity contribution < 1.29 is 5.11 Å². The molecular weight excluding hydrogens is 240 g/mol. The van der Waals surface area contributed by atoms with Crippen LogP contribution < -0.4 is 11.3 Å². The van der Waals surface area contributed by atoms with Gasteiger partial charge >= 0.3 is 0 Å². The highest BCUT2D eigenvalue weighted by Crippen LogP contribution is 2.22. The minimum Gasteiger partial charge on any atom is -0.508 e. The third kappa shape index (κ3) is 3.42. The van der Waals surface area contributed by atoms with E-state index >= 15 is 0 Å². The lowest BCUT2D eigenvalue weighted by Crippen LogP contribution is -2.11. The minimum atomic E-state index is 0.192. The SMILES string of the molecule is CC(C)Cc1cc(NN)nc(-c2cccc(O)c2)n1. The molecule has 100 valence electrons. The third-order valence-electron chi connectivity index (χ3n) is 2.65. The largest absolute Gasteiger partial charge is 0.508 e. The van der Waals surface area contributed by atoms with E-state index < -0.39 is 0 Å². The second kappa shape index (κ2) is 5.67. The van der Waals surface area contributed by atoms with Crippen molar-refractivity contribution in [1.29, 1.82) is 0 Å². The molecule has 0 aliphatic carbocycles. The summed E-state index contributed by atoms with van der Waals surface area (Å²) in [7, 11) is 0. The molecule has 0 amide bonds. The van der Waals surface area contributed by atoms with Crippen molar-refractivity contribution >= 4 is 5.82 Å². The first-order valence-electron chi connectivity index (χ1n) is 6.22. The van der Waals surface area contributed by atoms with Crippen LogP contribution in [0.25, 0.3) is 11.4 Å². The molecule has 2 aromatic rings. The number of benzene rings is 1. The molecule has 5 nitrogen and oxygen atoms in total. The molecule has 0 saturated heterocycles. The number of anilines is 1. The number of hydrogen-bond donors (Lipinski definition) is 3. The van der Waals surface area contributed by atoms with E-state index in [1.165, 1.54) is 0 Å². The highest BCUT2D eigenvalue weighted by molar-refractivity contribution is 5.59. The van der Waals surface area contributed by atoms with E-state index in [-0.39, 0.29) is 5.75 Å². The van der Waals surface area contributed by atoms with E-state index in [1.807, 2.05) is 12.1 Å². The molecule has 0 aliphatic rings. The molecule has 0 bridgehead atoms. The summed E-state index contributed by atoms with van der Waals surface area (Å²) >= 11 is 0. The Morgan fingerprint density at radius 2 is 2.05 bits per heavy atom. The van der Waals surface area contributed by atoms with E-state index in [2.05, 4.69) is 29.2 Å². The number of aromatic hydroxyl groups is 1. The predicted octanol–water partition coefficient (Wildman–Crippen LogP) is 2.33. The fourth-order valence-electron chi connectivity index (χ4n) is 1.87. The summed E-state index contributed by atoms with van der Waals surface area (Å²) in [6.45, 7) is 4.26. The number of hydrazine groups is 1. The van der Waals surface area contributed by atoms with Gasteiger partial charge in [0.25, 0.3) is 0 Å². The van der Waals surface area contributed by atoms with Crippen LogP contribution in [0.4, 0.5) is 5.82 Å². The molecule has 2 rings (SSSR count). The van der Waals surface area contributed by atoms with Crippen LogP contribution in [0.3, 0.4) is 0 Å². The number of nitrogens with two attached hydrogens (primary N) is 1. The summed E-state index contributed by atoms with van der Waals surface area (Å²) in [5, 5.41) is 9.52. The molecule has 0 spiro atoms. The van der Waals surface area contributed by atoms with Crippen molar-refractivity contribution in [3.63, 3.8) is 0 Å². The first kappa shape index (κ1) is 13.3. The molecule has 0 fully saturated rings. The van der Waals surface area contributed by atoms with Crippen LogP contribution in [0.2, 0.25) is 0 Å². The lowest BCUT2D eigenvalue weighted by atomic mass is 10.1. The van der Waals surface area contributed by atoms with Crippen LogP contribution in [-0.2, 0) is 6.42 Å². The highest BCUT2D eigenvalue weighted by atomic mass is 16.3. The number of nitrogens with one attached hydrogen (secondary N) is 1. The summed E-state index contributed by atoms with van der Waals surface area (Å²) in [6, 6.07) is 8.71. The quantitative estimate of drug-likeness (QED) is 0.579. The molecule has 5 heteroatoms. The molecule has 19 heavy (non-hydrogen) atoms. The highest BCUT2D eigenvalue weighted by Gasteiger charge is 2.08. The molecule has 0 aliphatic heterocycles. The van der Waals surface area contributed by atoms with Crippen LogP contribution in [-0.4, -0.2) is 15.1 Å². The summed E-state index contributed by atoms with van der Waals surface area (Å²) in [5.41, 5.74) is 4.24. The first-order chi connectivity index (χ1) is 9.08. The number of hydrogen-bond acceptors (Lipinski definition) is 5. The standard InChI is InChI=1S/C14H18N4O/c1-9(2)6-11-8-13(18-15)17-14(16-11)10-4-3-5-12(19)7-10/h3-5,7-9,19H,6,15H2,1-2H3,(H,16,17,18). The molecule has 0 atom stereocenters. The topological polar surface area (TPSA) is 84.1 Å². The Hall–Kier alpha value is -2.14. The fourth-order valence-corrected chi connectivity index (χ4v) is 1.87. The normalized spacial score (nSPS) is 10.7. The summed E-state index contributed by atoms with van der Waals surface area (Å²) < 4.78 is 0. The Balaban J connectivity index is 2.44. The summed E-state index contributed by atoms with van der Waals surface area (Å²) in [6.07, 6.45) is 0.850. The van der Waals surface area contributed by atoms with E-state index in [0.29, 0.717) is 17.6 Å². The smallest absolute Gasteiger partial charge is 0.161 e. The number of phenolic OH excluding ortho intramolecular Hbond substituents is 1. The van der Waals surface area contributed by atoms with Gasteiger partial charge in [0.05, 0.1) is 0 Å². The lowest BCUT2D eigenvalue weighted by molar-refractivity contribution is 0.475. The summed E-state index contributed by atoms with van der Waals surface area (Å²) in [4.78, 5) is 8.83. The van der Waals surface area contributed by atoms with Gasteiger partial charge in [-0.25, -0.2) is 15.8 Å². The monoisotopic (exact) mass is 258 g/mol. The molecule has 0 unspecified atom stereocenters. The molecule has 1 aromatic carbocycles. The number of phenols is 1. The number of nitrogen functional groups attached to an aromatic ring is 1. The Labute approximate surface area is 112 Å². The third-order valence-corrected chi connectivity index (χ3v) is 2.65. The van der Waals surface area contributed by atoms with Gasteiger partial charge in [-0.3, -0.25) is 0 Å². The Morgan fingerprint density at radius 1 is 1.26 bits per heavy atom. The number of nitrogens with zero attached hydrogens (tertiary/aromatic N) is 2. The van der Waals surface area contributed by atoms with Crippen LogP contribution in [0, 0.1) is 5.92 Å². The maximum absolute atomic E-state index is 9.52. The van der Waals surface area contributed by atoms with Crippen molar-refractivity contribution in [2.45, 2.75) is 20.3 Å². The van der Waals surface area contributed by atoms with Gasteiger partial charge < -0.3 is 10.5 Å². The summed E-state index contributed by atoms with van der Waals surface area (Å²) in [5.74, 6) is 7.26. The van der Waals surface area contributed by atoms with E-state index in [0.717, 1.165) is 17.7 Å². The van der Waals surface area contributed by atoms with E-state index in [4.69, 9.17) is 5.84 Å². The maximum Gasteiger partial charge on any atom is 0.161 e. The maximum atomic E-state index is 9.52. The molecule has 1 heterocycles. The van der Waals surface area contributed by atoms with Gasteiger partial charge in [-0.05, 0) is 24.5 Å². The van der Waals surface area contributed by atoms with Gasteiger partial charge in [-0.1, -0.05) is 26.0 Å².